The molecule has 0 aliphatic carbocycles. The van der Waals surface area contributed by atoms with E-state index in [-0.39, 0.29) is 18.7 Å². The minimum absolute atomic E-state index is 0.113. The molecule has 2 aromatic carbocycles. The zero-order valence-electron chi connectivity index (χ0n) is 13.5. The van der Waals surface area contributed by atoms with Gasteiger partial charge in [-0.2, -0.15) is 0 Å². The molecule has 0 radical (unpaired) electrons. The highest BCUT2D eigenvalue weighted by Gasteiger charge is 2.14. The van der Waals surface area contributed by atoms with Crippen molar-refractivity contribution in [2.75, 3.05) is 11.9 Å². The number of aliphatic hydroxyl groups excluding tert-OH is 1. The number of aryl methyl sites for hydroxylation is 1. The molecule has 0 heterocycles. The summed E-state index contributed by atoms with van der Waals surface area (Å²) in [5.74, 6) is 0. The summed E-state index contributed by atoms with van der Waals surface area (Å²) >= 11 is 0. The Bertz CT molecular complexity index is 597. The zero-order valence-corrected chi connectivity index (χ0v) is 13.5. The van der Waals surface area contributed by atoms with Crippen molar-refractivity contribution < 1.29 is 9.90 Å². The van der Waals surface area contributed by atoms with Crippen LogP contribution in [0.25, 0.3) is 0 Å². The minimum atomic E-state index is -0.235. The Balaban J connectivity index is 1.98. The molecule has 2 amide bonds. The van der Waals surface area contributed by atoms with Crippen molar-refractivity contribution >= 4 is 11.7 Å². The summed E-state index contributed by atoms with van der Waals surface area (Å²) in [5.41, 5.74) is 3.05. The second kappa shape index (κ2) is 8.96. The summed E-state index contributed by atoms with van der Waals surface area (Å²) in [4.78, 5) is 12.2. The van der Waals surface area contributed by atoms with Gasteiger partial charge < -0.3 is 15.7 Å². The van der Waals surface area contributed by atoms with E-state index in [4.69, 9.17) is 5.11 Å². The first-order valence-corrected chi connectivity index (χ1v) is 8.05. The molecule has 23 heavy (non-hydrogen) atoms. The molecule has 0 fully saturated rings. The number of carbonyl (C=O) groups excluding carboxylic acids is 1. The van der Waals surface area contributed by atoms with E-state index in [0.717, 1.165) is 17.7 Å². The molecule has 2 rings (SSSR count). The summed E-state index contributed by atoms with van der Waals surface area (Å²) < 4.78 is 0. The molecule has 0 saturated carbocycles. The molecule has 0 aliphatic heterocycles. The molecule has 3 N–H and O–H groups in total. The van der Waals surface area contributed by atoms with Gasteiger partial charge in [0.1, 0.15) is 0 Å². The van der Waals surface area contributed by atoms with Crippen LogP contribution in [0.2, 0.25) is 0 Å². The Hall–Kier alpha value is -2.33. The van der Waals surface area contributed by atoms with Crippen molar-refractivity contribution in [3.63, 3.8) is 0 Å². The minimum Gasteiger partial charge on any atom is -0.396 e. The monoisotopic (exact) mass is 312 g/mol. The van der Waals surface area contributed by atoms with E-state index < -0.39 is 0 Å². The fraction of sp³-hybridized carbons (Fsp3) is 0.316. The van der Waals surface area contributed by atoms with Gasteiger partial charge in [-0.1, -0.05) is 49.4 Å². The Morgan fingerprint density at radius 1 is 1.09 bits per heavy atom. The summed E-state index contributed by atoms with van der Waals surface area (Å²) in [5, 5.41) is 14.9. The van der Waals surface area contributed by atoms with Crippen LogP contribution in [0.15, 0.2) is 54.6 Å². The highest BCUT2D eigenvalue weighted by Crippen LogP contribution is 2.18. The average Bonchev–Trinajstić information content (AvgIpc) is 2.60. The van der Waals surface area contributed by atoms with Gasteiger partial charge in [-0.25, -0.2) is 4.79 Å². The van der Waals surface area contributed by atoms with Gasteiger partial charge in [0.05, 0.1) is 6.04 Å². The van der Waals surface area contributed by atoms with Crippen LogP contribution in [0.3, 0.4) is 0 Å². The predicted molar refractivity (Wildman–Crippen MR) is 93.5 cm³/mol. The third-order valence-electron chi connectivity index (χ3n) is 3.78. The summed E-state index contributed by atoms with van der Waals surface area (Å²) in [6, 6.07) is 17.3. The van der Waals surface area contributed by atoms with Crippen LogP contribution in [0.4, 0.5) is 10.5 Å². The van der Waals surface area contributed by atoms with Crippen molar-refractivity contribution in [1.82, 2.24) is 5.32 Å². The Kier molecular flexibility index (Phi) is 6.63. The number of urea groups is 1. The number of anilines is 1. The van der Waals surface area contributed by atoms with Crippen LogP contribution in [-0.2, 0) is 6.42 Å². The second-order valence-corrected chi connectivity index (χ2v) is 5.48. The molecule has 1 atom stereocenters. The first kappa shape index (κ1) is 17.0. The molecular formula is C19H24N2O2. The van der Waals surface area contributed by atoms with Crippen LogP contribution in [0.5, 0.6) is 0 Å². The number of amides is 2. The Morgan fingerprint density at radius 3 is 2.39 bits per heavy atom. The molecule has 0 bridgehead atoms. The first-order chi connectivity index (χ1) is 11.2. The summed E-state index contributed by atoms with van der Waals surface area (Å²) in [6.07, 6.45) is 2.32. The van der Waals surface area contributed by atoms with Crippen LogP contribution in [0.1, 0.15) is 36.9 Å². The first-order valence-electron chi connectivity index (χ1n) is 8.05. The van der Waals surface area contributed by atoms with E-state index in [1.165, 1.54) is 5.56 Å². The number of hydrogen-bond acceptors (Lipinski definition) is 2. The molecule has 122 valence electrons. The second-order valence-electron chi connectivity index (χ2n) is 5.48. The standard InChI is InChI=1S/C19H24N2O2/c1-2-15-10-12-17(13-11-15)20-19(23)21-18(9-6-14-22)16-7-4-3-5-8-16/h3-5,7-8,10-13,18,22H,2,6,9,14H2,1H3,(H2,20,21,23). The Labute approximate surface area is 137 Å². The van der Waals surface area contributed by atoms with E-state index in [2.05, 4.69) is 17.6 Å². The van der Waals surface area contributed by atoms with Gasteiger partial charge in [-0.3, -0.25) is 0 Å². The van der Waals surface area contributed by atoms with Gasteiger partial charge in [0, 0.05) is 12.3 Å². The normalized spacial score (nSPS) is 11.7. The molecule has 4 nitrogen and oxygen atoms in total. The topological polar surface area (TPSA) is 61.4 Å². The maximum atomic E-state index is 12.2. The Morgan fingerprint density at radius 2 is 1.78 bits per heavy atom. The van der Waals surface area contributed by atoms with Crippen LogP contribution in [0, 0.1) is 0 Å². The van der Waals surface area contributed by atoms with E-state index >= 15 is 0 Å². The maximum Gasteiger partial charge on any atom is 0.319 e. The van der Waals surface area contributed by atoms with Gasteiger partial charge in [-0.15, -0.1) is 0 Å². The van der Waals surface area contributed by atoms with Gasteiger partial charge in [-0.05, 0) is 42.5 Å². The highest BCUT2D eigenvalue weighted by atomic mass is 16.3. The van der Waals surface area contributed by atoms with E-state index in [0.29, 0.717) is 12.8 Å². The number of nitrogens with one attached hydrogen (secondary N) is 2. The molecule has 1 unspecified atom stereocenters. The SMILES string of the molecule is CCc1ccc(NC(=O)NC(CCCO)c2ccccc2)cc1. The average molecular weight is 312 g/mol. The molecule has 4 heteroatoms. The lowest BCUT2D eigenvalue weighted by molar-refractivity contribution is 0.244. The lowest BCUT2D eigenvalue weighted by Crippen LogP contribution is -2.32. The number of carbonyl (C=O) groups is 1. The van der Waals surface area contributed by atoms with Gasteiger partial charge in [0.2, 0.25) is 0 Å². The number of hydrogen-bond donors (Lipinski definition) is 3. The van der Waals surface area contributed by atoms with E-state index in [1.807, 2.05) is 54.6 Å². The lowest BCUT2D eigenvalue weighted by atomic mass is 10.0. The van der Waals surface area contributed by atoms with Gasteiger partial charge in [0.15, 0.2) is 0 Å². The molecule has 2 aromatic rings. The molecule has 0 aliphatic rings. The van der Waals surface area contributed by atoms with Crippen molar-refractivity contribution in [2.24, 2.45) is 0 Å². The number of aliphatic hydroxyl groups is 1. The summed E-state index contributed by atoms with van der Waals surface area (Å²) in [6.45, 7) is 2.21. The number of benzene rings is 2. The predicted octanol–water partition coefficient (Wildman–Crippen LogP) is 3.88. The van der Waals surface area contributed by atoms with Gasteiger partial charge >= 0.3 is 6.03 Å². The van der Waals surface area contributed by atoms with E-state index in [1.54, 1.807) is 0 Å². The largest absolute Gasteiger partial charge is 0.396 e. The maximum absolute atomic E-state index is 12.2. The van der Waals surface area contributed by atoms with Crippen molar-refractivity contribution in [1.29, 1.82) is 0 Å². The van der Waals surface area contributed by atoms with Crippen LogP contribution < -0.4 is 10.6 Å². The van der Waals surface area contributed by atoms with Gasteiger partial charge in [0.25, 0.3) is 0 Å². The van der Waals surface area contributed by atoms with Crippen LogP contribution >= 0.6 is 0 Å². The third-order valence-corrected chi connectivity index (χ3v) is 3.78. The van der Waals surface area contributed by atoms with Crippen molar-refractivity contribution in [2.45, 2.75) is 32.2 Å². The fourth-order valence-corrected chi connectivity index (χ4v) is 2.45. The van der Waals surface area contributed by atoms with Crippen LogP contribution in [-0.4, -0.2) is 17.7 Å². The third kappa shape index (κ3) is 5.42. The lowest BCUT2D eigenvalue weighted by Gasteiger charge is -2.19. The highest BCUT2D eigenvalue weighted by molar-refractivity contribution is 5.89. The molecular weight excluding hydrogens is 288 g/mol. The number of rotatable bonds is 7. The van der Waals surface area contributed by atoms with E-state index in [9.17, 15) is 4.79 Å². The summed E-state index contributed by atoms with van der Waals surface area (Å²) in [7, 11) is 0. The molecule has 0 saturated heterocycles. The van der Waals surface area contributed by atoms with Crippen molar-refractivity contribution in [3.05, 3.63) is 65.7 Å². The molecule has 0 aromatic heterocycles. The zero-order chi connectivity index (χ0) is 16.5. The quantitative estimate of drug-likeness (QED) is 0.726. The smallest absolute Gasteiger partial charge is 0.319 e. The fourth-order valence-electron chi connectivity index (χ4n) is 2.45. The van der Waals surface area contributed by atoms with Crippen molar-refractivity contribution in [3.8, 4) is 0 Å². The molecule has 0 spiro atoms.